The molecule has 0 aliphatic carbocycles. The number of hydrogen-bond donors (Lipinski definition) is 2. The second kappa shape index (κ2) is 13.4. The molecule has 0 amide bonds. The second-order valence-corrected chi connectivity index (χ2v) is 6.91. The number of aliphatic imine (C=N–C) groups is 1. The zero-order chi connectivity index (χ0) is 17.6. The lowest BCUT2D eigenvalue weighted by Gasteiger charge is -2.34. The normalized spacial score (nSPS) is 18.6. The fourth-order valence-electron chi connectivity index (χ4n) is 2.76. The molecule has 0 spiro atoms. The summed E-state index contributed by atoms with van der Waals surface area (Å²) in [6.45, 7) is 14.0. The summed E-state index contributed by atoms with van der Waals surface area (Å²) >= 11 is 0. The molecule has 0 saturated carbocycles. The van der Waals surface area contributed by atoms with Crippen LogP contribution in [0.15, 0.2) is 4.99 Å². The highest BCUT2D eigenvalue weighted by molar-refractivity contribution is 5.79. The van der Waals surface area contributed by atoms with Gasteiger partial charge in [-0.25, -0.2) is 0 Å². The summed E-state index contributed by atoms with van der Waals surface area (Å²) in [6.07, 6.45) is 3.37. The van der Waals surface area contributed by atoms with Crippen molar-refractivity contribution >= 4 is 5.96 Å². The van der Waals surface area contributed by atoms with Crippen molar-refractivity contribution in [3.05, 3.63) is 0 Å². The fraction of sp³-hybridized carbons (Fsp3) is 0.944. The Morgan fingerprint density at radius 3 is 2.50 bits per heavy atom. The van der Waals surface area contributed by atoms with E-state index < -0.39 is 0 Å². The zero-order valence-corrected chi connectivity index (χ0v) is 16.3. The molecule has 1 rings (SSSR count). The van der Waals surface area contributed by atoms with E-state index in [1.54, 1.807) is 0 Å². The lowest BCUT2D eigenvalue weighted by Crippen LogP contribution is -2.47. The quantitative estimate of drug-likeness (QED) is 0.336. The molecule has 1 saturated heterocycles. The van der Waals surface area contributed by atoms with Gasteiger partial charge in [-0.1, -0.05) is 20.3 Å². The van der Waals surface area contributed by atoms with Crippen LogP contribution in [0.5, 0.6) is 0 Å². The van der Waals surface area contributed by atoms with Gasteiger partial charge in [0.25, 0.3) is 0 Å². The SMILES string of the molecule is CCCCOCCCNC(=NC)NCC(C)CN1CCN(C)CC1. The first kappa shape index (κ1) is 21.2. The van der Waals surface area contributed by atoms with Crippen LogP contribution in [0.2, 0.25) is 0 Å². The molecule has 0 radical (unpaired) electrons. The van der Waals surface area contributed by atoms with Crippen molar-refractivity contribution in [2.24, 2.45) is 10.9 Å². The number of hydrogen-bond acceptors (Lipinski definition) is 4. The van der Waals surface area contributed by atoms with Crippen LogP contribution < -0.4 is 10.6 Å². The highest BCUT2D eigenvalue weighted by atomic mass is 16.5. The molecule has 0 aromatic rings. The monoisotopic (exact) mass is 341 g/mol. The molecule has 142 valence electrons. The third kappa shape index (κ3) is 10.1. The lowest BCUT2D eigenvalue weighted by atomic mass is 10.1. The van der Waals surface area contributed by atoms with Crippen LogP contribution in [-0.4, -0.2) is 88.9 Å². The maximum absolute atomic E-state index is 5.57. The molecule has 24 heavy (non-hydrogen) atoms. The van der Waals surface area contributed by atoms with Crippen LogP contribution >= 0.6 is 0 Å². The number of unbranched alkanes of at least 4 members (excludes halogenated alkanes) is 1. The number of rotatable bonds is 11. The molecule has 1 heterocycles. The van der Waals surface area contributed by atoms with E-state index in [2.05, 4.69) is 46.3 Å². The number of nitrogens with one attached hydrogen (secondary N) is 2. The first-order valence-electron chi connectivity index (χ1n) is 9.58. The van der Waals surface area contributed by atoms with Gasteiger partial charge in [0.05, 0.1) is 0 Å². The Morgan fingerprint density at radius 1 is 1.12 bits per heavy atom. The minimum Gasteiger partial charge on any atom is -0.381 e. The number of nitrogens with zero attached hydrogens (tertiary/aromatic N) is 3. The average molecular weight is 342 g/mol. The average Bonchev–Trinajstić information content (AvgIpc) is 2.58. The molecule has 1 atom stereocenters. The standard InChI is InChI=1S/C18H39N5O/c1-5-6-13-24-14-7-8-20-18(19-3)21-15-17(2)16-23-11-9-22(4)10-12-23/h17H,5-16H2,1-4H3,(H2,19,20,21). The van der Waals surface area contributed by atoms with Gasteiger partial charge < -0.3 is 25.2 Å². The van der Waals surface area contributed by atoms with Crippen molar-refractivity contribution in [2.75, 3.05) is 73.1 Å². The van der Waals surface area contributed by atoms with Crippen LogP contribution in [0.3, 0.4) is 0 Å². The Hall–Kier alpha value is -0.850. The molecule has 1 aliphatic heterocycles. The Labute approximate surface area is 149 Å². The summed E-state index contributed by atoms with van der Waals surface area (Å²) in [5, 5.41) is 6.80. The van der Waals surface area contributed by atoms with E-state index >= 15 is 0 Å². The summed E-state index contributed by atoms with van der Waals surface area (Å²) in [4.78, 5) is 9.26. The highest BCUT2D eigenvalue weighted by Gasteiger charge is 2.16. The van der Waals surface area contributed by atoms with Gasteiger partial charge in [0, 0.05) is 66.1 Å². The van der Waals surface area contributed by atoms with Crippen LogP contribution in [0, 0.1) is 5.92 Å². The molecular formula is C18H39N5O. The molecule has 1 aliphatic rings. The number of piperazine rings is 1. The van der Waals surface area contributed by atoms with E-state index in [-0.39, 0.29) is 0 Å². The van der Waals surface area contributed by atoms with Crippen molar-refractivity contribution in [3.8, 4) is 0 Å². The second-order valence-electron chi connectivity index (χ2n) is 6.91. The third-order valence-electron chi connectivity index (χ3n) is 4.41. The van der Waals surface area contributed by atoms with Gasteiger partial charge in [-0.3, -0.25) is 4.99 Å². The largest absolute Gasteiger partial charge is 0.381 e. The minimum absolute atomic E-state index is 0.615. The molecule has 1 unspecified atom stereocenters. The van der Waals surface area contributed by atoms with Gasteiger partial charge in [-0.2, -0.15) is 0 Å². The Morgan fingerprint density at radius 2 is 1.83 bits per heavy atom. The van der Waals surface area contributed by atoms with E-state index in [0.29, 0.717) is 5.92 Å². The summed E-state index contributed by atoms with van der Waals surface area (Å²) in [5.41, 5.74) is 0. The van der Waals surface area contributed by atoms with Gasteiger partial charge in [-0.15, -0.1) is 0 Å². The van der Waals surface area contributed by atoms with Crippen molar-refractivity contribution in [1.82, 2.24) is 20.4 Å². The van der Waals surface area contributed by atoms with Gasteiger partial charge in [0.1, 0.15) is 0 Å². The molecule has 0 aromatic carbocycles. The minimum atomic E-state index is 0.615. The third-order valence-corrected chi connectivity index (χ3v) is 4.41. The Kier molecular flexibility index (Phi) is 11.9. The Bertz CT molecular complexity index is 329. The first-order valence-corrected chi connectivity index (χ1v) is 9.58. The van der Waals surface area contributed by atoms with Crippen molar-refractivity contribution in [1.29, 1.82) is 0 Å². The molecule has 0 bridgehead atoms. The van der Waals surface area contributed by atoms with E-state index in [0.717, 1.165) is 51.6 Å². The maximum atomic E-state index is 5.57. The van der Waals surface area contributed by atoms with Crippen LogP contribution in [0.25, 0.3) is 0 Å². The molecular weight excluding hydrogens is 302 g/mol. The lowest BCUT2D eigenvalue weighted by molar-refractivity contribution is 0.129. The summed E-state index contributed by atoms with van der Waals surface area (Å²) in [5.74, 6) is 1.51. The summed E-state index contributed by atoms with van der Waals surface area (Å²) in [6, 6.07) is 0. The number of likely N-dealkylation sites (N-methyl/N-ethyl adjacent to an activating group) is 1. The zero-order valence-electron chi connectivity index (χ0n) is 16.3. The van der Waals surface area contributed by atoms with Gasteiger partial charge in [0.2, 0.25) is 0 Å². The molecule has 2 N–H and O–H groups in total. The smallest absolute Gasteiger partial charge is 0.190 e. The van der Waals surface area contributed by atoms with Gasteiger partial charge in [0.15, 0.2) is 5.96 Å². The summed E-state index contributed by atoms with van der Waals surface area (Å²) in [7, 11) is 4.03. The predicted octanol–water partition coefficient (Wildman–Crippen LogP) is 1.24. The molecule has 6 nitrogen and oxygen atoms in total. The van der Waals surface area contributed by atoms with Crippen molar-refractivity contribution < 1.29 is 4.74 Å². The van der Waals surface area contributed by atoms with Crippen LogP contribution in [0.4, 0.5) is 0 Å². The Balaban J connectivity index is 2.06. The predicted molar refractivity (Wildman–Crippen MR) is 103 cm³/mol. The highest BCUT2D eigenvalue weighted by Crippen LogP contribution is 2.03. The van der Waals surface area contributed by atoms with E-state index in [9.17, 15) is 0 Å². The topological polar surface area (TPSA) is 52.1 Å². The van der Waals surface area contributed by atoms with Gasteiger partial charge in [-0.05, 0) is 25.8 Å². The van der Waals surface area contributed by atoms with E-state index in [4.69, 9.17) is 4.74 Å². The summed E-state index contributed by atoms with van der Waals surface area (Å²) < 4.78 is 5.57. The van der Waals surface area contributed by atoms with E-state index in [1.165, 1.54) is 32.6 Å². The van der Waals surface area contributed by atoms with Crippen molar-refractivity contribution in [3.63, 3.8) is 0 Å². The van der Waals surface area contributed by atoms with Crippen molar-refractivity contribution in [2.45, 2.75) is 33.1 Å². The molecule has 6 heteroatoms. The van der Waals surface area contributed by atoms with Crippen LogP contribution in [0.1, 0.15) is 33.1 Å². The first-order chi connectivity index (χ1) is 11.7. The number of ether oxygens (including phenoxy) is 1. The van der Waals surface area contributed by atoms with Gasteiger partial charge >= 0.3 is 0 Å². The number of guanidine groups is 1. The maximum Gasteiger partial charge on any atom is 0.190 e. The fourth-order valence-corrected chi connectivity index (χ4v) is 2.76. The molecule has 0 aromatic heterocycles. The molecule has 1 fully saturated rings. The van der Waals surface area contributed by atoms with Crippen LogP contribution in [-0.2, 0) is 4.74 Å². The van der Waals surface area contributed by atoms with E-state index in [1.807, 2.05) is 7.05 Å².